The van der Waals surface area contributed by atoms with E-state index >= 15 is 0 Å². The van der Waals surface area contributed by atoms with Gasteiger partial charge in [0.15, 0.2) is 0 Å². The zero-order valence-corrected chi connectivity index (χ0v) is 18.3. The molecule has 0 aliphatic carbocycles. The van der Waals surface area contributed by atoms with Gasteiger partial charge in [-0.15, -0.1) is 0 Å². The number of nitrogens with zero attached hydrogens (tertiary/aromatic N) is 1. The van der Waals surface area contributed by atoms with Crippen molar-refractivity contribution in [3.05, 3.63) is 81.9 Å². The van der Waals surface area contributed by atoms with Gasteiger partial charge in [0.05, 0.1) is 24.5 Å². The fourth-order valence-corrected chi connectivity index (χ4v) is 5.26. The van der Waals surface area contributed by atoms with Crippen LogP contribution in [0.25, 0.3) is 0 Å². The van der Waals surface area contributed by atoms with Crippen molar-refractivity contribution < 1.29 is 14.3 Å². The molecular formula is C24H22Cl2N2O3. The Labute approximate surface area is 191 Å². The number of nitrogens with one attached hydrogen (secondary N) is 1. The summed E-state index contributed by atoms with van der Waals surface area (Å²) < 4.78 is 6.18. The molecule has 2 fully saturated rings. The predicted molar refractivity (Wildman–Crippen MR) is 119 cm³/mol. The number of rotatable bonds is 6. The second kappa shape index (κ2) is 7.97. The van der Waals surface area contributed by atoms with Crippen LogP contribution in [0, 0.1) is 11.8 Å². The van der Waals surface area contributed by atoms with Gasteiger partial charge in [-0.2, -0.15) is 0 Å². The van der Waals surface area contributed by atoms with Gasteiger partial charge in [-0.3, -0.25) is 9.59 Å². The van der Waals surface area contributed by atoms with Gasteiger partial charge in [0, 0.05) is 23.1 Å². The standard InChI is InChI=1S/C24H22Cl2N2O3/c25-17-7-5-15(6-8-17)10-12-27-22(29)20-19-9-11-24(31-19)14-28(23(30)21(20)24)13-16-3-1-2-4-18(16)26/h1-9,11,19-21H,10,12-14H2,(H,27,29)/t19-,20?,21-,24?/m1/s1. The minimum atomic E-state index is -0.721. The Hall–Kier alpha value is -2.34. The number of hydrogen-bond acceptors (Lipinski definition) is 3. The zero-order valence-electron chi connectivity index (χ0n) is 16.8. The third-order valence-corrected chi connectivity index (χ3v) is 7.05. The fraction of sp³-hybridized carbons (Fsp3) is 0.333. The van der Waals surface area contributed by atoms with Gasteiger partial charge >= 0.3 is 0 Å². The molecule has 7 heteroatoms. The summed E-state index contributed by atoms with van der Waals surface area (Å²) in [5.74, 6) is -1.20. The topological polar surface area (TPSA) is 58.6 Å². The lowest BCUT2D eigenvalue weighted by Gasteiger charge is -2.23. The molecule has 2 bridgehead atoms. The Bertz CT molecular complexity index is 1060. The fourth-order valence-electron chi connectivity index (χ4n) is 4.94. The number of benzene rings is 2. The van der Waals surface area contributed by atoms with Crippen molar-refractivity contribution in [3.8, 4) is 0 Å². The summed E-state index contributed by atoms with van der Waals surface area (Å²) in [5, 5.41) is 4.31. The Morgan fingerprint density at radius 2 is 1.94 bits per heavy atom. The summed E-state index contributed by atoms with van der Waals surface area (Å²) >= 11 is 12.2. The smallest absolute Gasteiger partial charge is 0.230 e. The van der Waals surface area contributed by atoms with E-state index in [-0.39, 0.29) is 17.9 Å². The molecular weight excluding hydrogens is 435 g/mol. The molecule has 3 aliphatic rings. The third-order valence-electron chi connectivity index (χ3n) is 6.43. The number of amides is 2. The molecule has 0 radical (unpaired) electrons. The van der Waals surface area contributed by atoms with E-state index in [1.54, 1.807) is 4.90 Å². The molecule has 31 heavy (non-hydrogen) atoms. The Kier molecular flexibility index (Phi) is 5.29. The normalized spacial score (nSPS) is 28.3. The highest BCUT2D eigenvalue weighted by Gasteiger charge is 2.66. The van der Waals surface area contributed by atoms with Gasteiger partial charge in [-0.05, 0) is 35.7 Å². The molecule has 2 amide bonds. The van der Waals surface area contributed by atoms with Crippen LogP contribution in [0.15, 0.2) is 60.7 Å². The molecule has 2 unspecified atom stereocenters. The molecule has 1 spiro atoms. The van der Waals surface area contributed by atoms with Crippen molar-refractivity contribution in [2.45, 2.75) is 24.7 Å². The summed E-state index contributed by atoms with van der Waals surface area (Å²) in [7, 11) is 0. The van der Waals surface area contributed by atoms with Crippen molar-refractivity contribution in [2.24, 2.45) is 11.8 Å². The van der Waals surface area contributed by atoms with Crippen LogP contribution in [-0.4, -0.2) is 41.5 Å². The molecule has 0 saturated carbocycles. The Morgan fingerprint density at radius 1 is 1.16 bits per heavy atom. The molecule has 160 valence electrons. The molecule has 5 rings (SSSR count). The van der Waals surface area contributed by atoms with Crippen molar-refractivity contribution in [3.63, 3.8) is 0 Å². The van der Waals surface area contributed by atoms with E-state index in [0.717, 1.165) is 11.1 Å². The van der Waals surface area contributed by atoms with E-state index < -0.39 is 17.4 Å². The maximum Gasteiger partial charge on any atom is 0.230 e. The summed E-state index contributed by atoms with van der Waals surface area (Å²) in [6, 6.07) is 15.1. The highest BCUT2D eigenvalue weighted by atomic mass is 35.5. The summed E-state index contributed by atoms with van der Waals surface area (Å²) in [6.45, 7) is 1.33. The average molecular weight is 457 g/mol. The summed E-state index contributed by atoms with van der Waals surface area (Å²) in [4.78, 5) is 28.1. The Morgan fingerprint density at radius 3 is 2.71 bits per heavy atom. The van der Waals surface area contributed by atoms with Gasteiger partial charge in [0.2, 0.25) is 11.8 Å². The van der Waals surface area contributed by atoms with Crippen LogP contribution >= 0.6 is 23.2 Å². The summed E-state index contributed by atoms with van der Waals surface area (Å²) in [5.41, 5.74) is 1.26. The lowest BCUT2D eigenvalue weighted by Crippen LogP contribution is -2.44. The first-order valence-corrected chi connectivity index (χ1v) is 11.1. The monoisotopic (exact) mass is 456 g/mol. The number of likely N-dealkylation sites (tertiary alicyclic amines) is 1. The highest BCUT2D eigenvalue weighted by Crippen LogP contribution is 2.52. The van der Waals surface area contributed by atoms with E-state index in [2.05, 4.69) is 5.32 Å². The maximum atomic E-state index is 13.3. The van der Waals surface area contributed by atoms with Crippen LogP contribution in [-0.2, 0) is 27.3 Å². The van der Waals surface area contributed by atoms with Crippen molar-refractivity contribution in [1.29, 1.82) is 0 Å². The van der Waals surface area contributed by atoms with Crippen LogP contribution in [0.5, 0.6) is 0 Å². The van der Waals surface area contributed by atoms with Gasteiger partial charge in [0.1, 0.15) is 5.60 Å². The average Bonchev–Trinajstić information content (AvgIpc) is 3.39. The van der Waals surface area contributed by atoms with Crippen LogP contribution in [0.2, 0.25) is 10.0 Å². The van der Waals surface area contributed by atoms with Crippen molar-refractivity contribution in [1.82, 2.24) is 10.2 Å². The molecule has 4 atom stereocenters. The first-order valence-electron chi connectivity index (χ1n) is 10.4. The van der Waals surface area contributed by atoms with Crippen molar-refractivity contribution >= 4 is 35.0 Å². The molecule has 2 saturated heterocycles. The van der Waals surface area contributed by atoms with E-state index in [9.17, 15) is 9.59 Å². The van der Waals surface area contributed by atoms with Crippen LogP contribution in [0.3, 0.4) is 0 Å². The first-order chi connectivity index (χ1) is 15.0. The van der Waals surface area contributed by atoms with Gasteiger partial charge in [-0.25, -0.2) is 0 Å². The van der Waals surface area contributed by atoms with Gasteiger partial charge in [-0.1, -0.05) is 65.7 Å². The summed E-state index contributed by atoms with van der Waals surface area (Å²) in [6.07, 6.45) is 4.22. The molecule has 3 aliphatic heterocycles. The first kappa shape index (κ1) is 20.6. The van der Waals surface area contributed by atoms with E-state index in [4.69, 9.17) is 27.9 Å². The van der Waals surface area contributed by atoms with Crippen molar-refractivity contribution in [2.75, 3.05) is 13.1 Å². The molecule has 3 heterocycles. The SMILES string of the molecule is O=C(NCCc1ccc(Cl)cc1)C1[C@H]2C=CC3(CN(Cc4ccccc4Cl)C(=O)[C@@H]13)O2. The maximum absolute atomic E-state index is 13.3. The van der Waals surface area contributed by atoms with E-state index in [1.165, 1.54) is 0 Å². The van der Waals surface area contributed by atoms with E-state index in [0.29, 0.717) is 36.1 Å². The van der Waals surface area contributed by atoms with Crippen LogP contribution in [0.4, 0.5) is 0 Å². The number of fused-ring (bicyclic) bond motifs is 1. The zero-order chi connectivity index (χ0) is 21.6. The minimum Gasteiger partial charge on any atom is -0.360 e. The second-order valence-electron chi connectivity index (χ2n) is 8.35. The number of halogens is 2. The molecule has 1 N–H and O–H groups in total. The third kappa shape index (κ3) is 3.65. The van der Waals surface area contributed by atoms with Crippen LogP contribution in [0.1, 0.15) is 11.1 Å². The molecule has 2 aromatic rings. The minimum absolute atomic E-state index is 0.0513. The molecule has 0 aromatic heterocycles. The number of carbonyl (C=O) groups is 2. The Balaban J connectivity index is 1.27. The largest absolute Gasteiger partial charge is 0.360 e. The number of ether oxygens (including phenoxy) is 1. The second-order valence-corrected chi connectivity index (χ2v) is 9.20. The molecule has 2 aromatic carbocycles. The van der Waals surface area contributed by atoms with Crippen LogP contribution < -0.4 is 5.32 Å². The predicted octanol–water partition coefficient (Wildman–Crippen LogP) is 3.63. The lowest BCUT2D eigenvalue weighted by atomic mass is 9.77. The number of carbonyl (C=O) groups excluding carboxylic acids is 2. The number of hydrogen-bond donors (Lipinski definition) is 1. The van der Waals surface area contributed by atoms with Gasteiger partial charge < -0.3 is 15.0 Å². The highest BCUT2D eigenvalue weighted by molar-refractivity contribution is 6.31. The molecule has 5 nitrogen and oxygen atoms in total. The lowest BCUT2D eigenvalue weighted by molar-refractivity contribution is -0.137. The van der Waals surface area contributed by atoms with Gasteiger partial charge in [0.25, 0.3) is 0 Å². The van der Waals surface area contributed by atoms with E-state index in [1.807, 2.05) is 60.7 Å². The quantitative estimate of drug-likeness (QED) is 0.675.